The number of carbonyl (C=O) groups excluding carboxylic acids is 1. The maximum atomic E-state index is 13.1. The molecule has 3 nitrogen and oxygen atoms in total. The van der Waals surface area contributed by atoms with Gasteiger partial charge in [-0.25, -0.2) is 0 Å². The number of hydrogen-bond donors (Lipinski definition) is 2. The lowest BCUT2D eigenvalue weighted by Crippen LogP contribution is -2.53. The average molecular weight is 514 g/mol. The van der Waals surface area contributed by atoms with Gasteiger partial charge in [0.25, 0.3) is 0 Å². The van der Waals surface area contributed by atoms with Crippen molar-refractivity contribution in [1.29, 1.82) is 0 Å². The van der Waals surface area contributed by atoms with E-state index in [1.54, 1.807) is 0 Å². The molecule has 0 radical (unpaired) electrons. The topological polar surface area (TPSA) is 55.1 Å². The zero-order chi connectivity index (χ0) is 22.3. The largest absolute Gasteiger partial charge is 0.356 e. The zero-order valence-electron chi connectivity index (χ0n) is 21.4. The van der Waals surface area contributed by atoms with Crippen molar-refractivity contribution in [2.45, 2.75) is 135 Å². The monoisotopic (exact) mass is 512 g/mol. The number of amides is 1. The Morgan fingerprint density at radius 2 is 1.34 bits per heavy atom. The van der Waals surface area contributed by atoms with Gasteiger partial charge < -0.3 is 11.1 Å². The van der Waals surface area contributed by atoms with Crippen LogP contribution in [0.25, 0.3) is 0 Å². The molecule has 1 atom stereocenters. The molecule has 1 unspecified atom stereocenters. The van der Waals surface area contributed by atoms with Crippen molar-refractivity contribution < 1.29 is 4.79 Å². The number of rotatable bonds is 15. The lowest BCUT2D eigenvalue weighted by Gasteiger charge is -2.55. The van der Waals surface area contributed by atoms with Gasteiger partial charge in [0.2, 0.25) is 5.91 Å². The predicted molar refractivity (Wildman–Crippen MR) is 142 cm³/mol. The number of halogens is 1. The molecule has 4 aliphatic carbocycles. The van der Waals surface area contributed by atoms with Crippen molar-refractivity contribution in [1.82, 2.24) is 5.32 Å². The van der Waals surface area contributed by atoms with Crippen LogP contribution in [0.2, 0.25) is 0 Å². The third-order valence-corrected chi connectivity index (χ3v) is 8.99. The Hall–Kier alpha value is -0.0900. The van der Waals surface area contributed by atoms with Gasteiger partial charge in [-0.1, -0.05) is 58.3 Å². The molecule has 4 saturated carbocycles. The molecule has 0 aromatic heterocycles. The fourth-order valence-corrected chi connectivity index (χ4v) is 7.54. The standard InChI is InChI=1S/C28H52N2O.BrH/c1-4-5-6-7-8-9-10-11-13-25(27(2,3)29)14-12-15-30-26(31)28-19-22-16-23(20-28)18-24(17-22)21-28;/h22-25H,4-21,29H2,1-3H3,(H,30,31);1H. The molecule has 1 amide bonds. The van der Waals surface area contributed by atoms with Gasteiger partial charge in [0.1, 0.15) is 0 Å². The van der Waals surface area contributed by atoms with Crippen LogP contribution < -0.4 is 11.1 Å². The van der Waals surface area contributed by atoms with Crippen LogP contribution >= 0.6 is 17.0 Å². The van der Waals surface area contributed by atoms with Crippen molar-refractivity contribution >= 4 is 22.9 Å². The lowest BCUT2D eigenvalue weighted by molar-refractivity contribution is -0.146. The first-order chi connectivity index (χ1) is 14.8. The lowest BCUT2D eigenvalue weighted by atomic mass is 9.49. The first-order valence-corrected chi connectivity index (χ1v) is 13.9. The van der Waals surface area contributed by atoms with Crippen LogP contribution in [0.1, 0.15) is 130 Å². The van der Waals surface area contributed by atoms with Crippen LogP contribution in [-0.2, 0) is 4.79 Å². The van der Waals surface area contributed by atoms with Gasteiger partial charge in [-0.05, 0) is 95.3 Å². The van der Waals surface area contributed by atoms with E-state index in [0.29, 0.717) is 11.8 Å². The van der Waals surface area contributed by atoms with Crippen molar-refractivity contribution in [3.63, 3.8) is 0 Å². The van der Waals surface area contributed by atoms with E-state index in [2.05, 4.69) is 26.1 Å². The Bertz CT molecular complexity index is 521. The highest BCUT2D eigenvalue weighted by molar-refractivity contribution is 8.93. The first-order valence-electron chi connectivity index (χ1n) is 13.9. The number of hydrogen-bond acceptors (Lipinski definition) is 2. The predicted octanol–water partition coefficient (Wildman–Crippen LogP) is 7.56. The molecule has 0 aliphatic heterocycles. The summed E-state index contributed by atoms with van der Waals surface area (Å²) < 4.78 is 0. The van der Waals surface area contributed by atoms with Crippen LogP contribution in [0.5, 0.6) is 0 Å². The molecule has 0 heterocycles. The normalized spacial score (nSPS) is 29.6. The summed E-state index contributed by atoms with van der Waals surface area (Å²) >= 11 is 0. The molecule has 4 rings (SSSR count). The van der Waals surface area contributed by atoms with Crippen molar-refractivity contribution in [2.75, 3.05) is 6.54 Å². The maximum absolute atomic E-state index is 13.1. The van der Waals surface area contributed by atoms with Gasteiger partial charge in [0.05, 0.1) is 0 Å². The molecular weight excluding hydrogens is 460 g/mol. The second-order valence-corrected chi connectivity index (χ2v) is 12.4. The van der Waals surface area contributed by atoms with Crippen molar-refractivity contribution in [2.24, 2.45) is 34.8 Å². The van der Waals surface area contributed by atoms with Gasteiger partial charge in [0.15, 0.2) is 0 Å². The van der Waals surface area contributed by atoms with Crippen LogP contribution in [-0.4, -0.2) is 18.0 Å². The maximum Gasteiger partial charge on any atom is 0.226 e. The van der Waals surface area contributed by atoms with Crippen molar-refractivity contribution in [3.8, 4) is 0 Å². The molecule has 0 spiro atoms. The molecule has 0 aromatic rings. The molecule has 0 aromatic carbocycles. The molecule has 0 saturated heterocycles. The summed E-state index contributed by atoms with van der Waals surface area (Å²) in [6, 6.07) is 0. The third kappa shape index (κ3) is 8.00. The van der Waals surface area contributed by atoms with E-state index in [0.717, 1.165) is 37.1 Å². The molecule has 4 bridgehead atoms. The van der Waals surface area contributed by atoms with Gasteiger partial charge in [-0.15, -0.1) is 17.0 Å². The number of nitrogens with two attached hydrogens (primary N) is 1. The van der Waals surface area contributed by atoms with E-state index in [1.165, 1.54) is 96.3 Å². The second-order valence-electron chi connectivity index (χ2n) is 12.4. The molecule has 4 fully saturated rings. The molecule has 3 N–H and O–H groups in total. The highest BCUT2D eigenvalue weighted by atomic mass is 79.9. The summed E-state index contributed by atoms with van der Waals surface area (Å²) in [5.74, 6) is 3.46. The molecular formula is C28H53BrN2O. The number of unbranched alkanes of at least 4 members (excludes halogenated alkanes) is 7. The number of carbonyl (C=O) groups is 1. The molecule has 32 heavy (non-hydrogen) atoms. The fraction of sp³-hybridized carbons (Fsp3) is 0.964. The summed E-state index contributed by atoms with van der Waals surface area (Å²) in [6.45, 7) is 7.50. The Morgan fingerprint density at radius 3 is 1.84 bits per heavy atom. The van der Waals surface area contributed by atoms with Gasteiger partial charge in [0, 0.05) is 17.5 Å². The van der Waals surface area contributed by atoms with Crippen LogP contribution in [0.3, 0.4) is 0 Å². The summed E-state index contributed by atoms with van der Waals surface area (Å²) in [4.78, 5) is 13.1. The van der Waals surface area contributed by atoms with E-state index in [9.17, 15) is 4.79 Å². The van der Waals surface area contributed by atoms with E-state index in [1.807, 2.05) is 0 Å². The van der Waals surface area contributed by atoms with E-state index in [-0.39, 0.29) is 27.9 Å². The smallest absolute Gasteiger partial charge is 0.226 e. The minimum atomic E-state index is -0.120. The highest BCUT2D eigenvalue weighted by Crippen LogP contribution is 2.60. The first kappa shape index (κ1) is 28.1. The van der Waals surface area contributed by atoms with Crippen molar-refractivity contribution in [3.05, 3.63) is 0 Å². The summed E-state index contributed by atoms with van der Waals surface area (Å²) in [5, 5.41) is 3.37. The minimum Gasteiger partial charge on any atom is -0.356 e. The SMILES string of the molecule is Br.CCCCCCCCCCC(CCCNC(=O)C12CC3CC(CC(C3)C1)C2)C(C)(C)N. The molecule has 4 heteroatoms. The zero-order valence-corrected chi connectivity index (χ0v) is 23.1. The summed E-state index contributed by atoms with van der Waals surface area (Å²) in [7, 11) is 0. The van der Waals surface area contributed by atoms with Gasteiger partial charge in [-0.3, -0.25) is 4.79 Å². The van der Waals surface area contributed by atoms with Crippen LogP contribution in [0.15, 0.2) is 0 Å². The van der Waals surface area contributed by atoms with Gasteiger partial charge >= 0.3 is 0 Å². The molecule has 4 aliphatic rings. The molecule has 188 valence electrons. The Morgan fingerprint density at radius 1 is 0.875 bits per heavy atom. The van der Waals surface area contributed by atoms with Crippen LogP contribution in [0.4, 0.5) is 0 Å². The highest BCUT2D eigenvalue weighted by Gasteiger charge is 2.54. The number of nitrogens with one attached hydrogen (secondary N) is 1. The van der Waals surface area contributed by atoms with E-state index in [4.69, 9.17) is 5.73 Å². The van der Waals surface area contributed by atoms with E-state index >= 15 is 0 Å². The second kappa shape index (κ2) is 13.1. The summed E-state index contributed by atoms with van der Waals surface area (Å²) in [5.41, 5.74) is 6.41. The quantitative estimate of drug-likeness (QED) is 0.222. The minimum absolute atomic E-state index is 0. The van der Waals surface area contributed by atoms with E-state index < -0.39 is 0 Å². The van der Waals surface area contributed by atoms with Crippen LogP contribution in [0, 0.1) is 29.1 Å². The Kier molecular flexibility index (Phi) is 11.5. The van der Waals surface area contributed by atoms with Gasteiger partial charge in [-0.2, -0.15) is 0 Å². The Labute approximate surface area is 209 Å². The average Bonchev–Trinajstić information content (AvgIpc) is 2.69. The Balaban J connectivity index is 0.00000363. The third-order valence-electron chi connectivity index (χ3n) is 8.99. The fourth-order valence-electron chi connectivity index (χ4n) is 7.54. The summed E-state index contributed by atoms with van der Waals surface area (Å²) in [6.07, 6.45) is 22.1.